The highest BCUT2D eigenvalue weighted by Crippen LogP contribution is 2.31. The molecule has 1 aliphatic rings. The monoisotopic (exact) mass is 432 g/mol. The first-order valence-electron chi connectivity index (χ1n) is 8.46. The zero-order valence-corrected chi connectivity index (χ0v) is 17.1. The highest BCUT2D eigenvalue weighted by atomic mass is 32.2. The molecule has 1 amide bonds. The molecule has 0 saturated carbocycles. The van der Waals surface area contributed by atoms with E-state index < -0.39 is 15.9 Å². The van der Waals surface area contributed by atoms with E-state index in [4.69, 9.17) is 0 Å². The number of rotatable bonds is 7. The maximum absolute atomic E-state index is 12.5. The zero-order valence-electron chi connectivity index (χ0n) is 14.6. The molecule has 0 atom stereocenters. The van der Waals surface area contributed by atoms with Gasteiger partial charge in [-0.25, -0.2) is 12.7 Å². The first-order valence-corrected chi connectivity index (χ1v) is 11.7. The van der Waals surface area contributed by atoms with E-state index in [0.717, 1.165) is 14.2 Å². The fraction of sp³-hybridized carbons (Fsp3) is 0.167. The normalized spacial score (nSPS) is 14.9. The van der Waals surface area contributed by atoms with Gasteiger partial charge in [0.2, 0.25) is 5.13 Å². The van der Waals surface area contributed by atoms with Crippen molar-refractivity contribution >= 4 is 44.2 Å². The number of benzene rings is 2. The topological polar surface area (TPSA) is 92.3 Å². The number of nitrogens with zero attached hydrogens (tertiary/aromatic N) is 3. The number of fused-ring (bicyclic) bond motifs is 1. The molecule has 7 nitrogen and oxygen atoms in total. The molecule has 1 N–H and O–H groups in total. The van der Waals surface area contributed by atoms with Gasteiger partial charge in [0.25, 0.3) is 15.9 Å². The summed E-state index contributed by atoms with van der Waals surface area (Å²) in [6, 6.07) is 16.2. The van der Waals surface area contributed by atoms with Crippen LogP contribution in [0.1, 0.15) is 15.9 Å². The van der Waals surface area contributed by atoms with E-state index in [1.54, 1.807) is 12.1 Å². The van der Waals surface area contributed by atoms with Gasteiger partial charge in [0.15, 0.2) is 4.34 Å². The van der Waals surface area contributed by atoms with Crippen LogP contribution in [0.3, 0.4) is 0 Å². The van der Waals surface area contributed by atoms with Gasteiger partial charge in [-0.15, -0.1) is 10.2 Å². The van der Waals surface area contributed by atoms with Gasteiger partial charge >= 0.3 is 0 Å². The Labute approximate surface area is 170 Å². The molecule has 0 saturated heterocycles. The van der Waals surface area contributed by atoms with Crippen LogP contribution in [0, 0.1) is 0 Å². The first-order chi connectivity index (χ1) is 13.6. The number of amides is 1. The van der Waals surface area contributed by atoms with E-state index in [2.05, 4.69) is 15.5 Å². The molecule has 1 aromatic heterocycles. The van der Waals surface area contributed by atoms with E-state index >= 15 is 0 Å². The highest BCUT2D eigenvalue weighted by molar-refractivity contribution is 8.01. The number of hydrogen-bond donors (Lipinski definition) is 1. The van der Waals surface area contributed by atoms with Crippen molar-refractivity contribution in [2.24, 2.45) is 0 Å². The zero-order chi connectivity index (χ0) is 19.6. The summed E-state index contributed by atoms with van der Waals surface area (Å²) in [5, 5.41) is 12.1. The van der Waals surface area contributed by atoms with E-state index in [0.29, 0.717) is 17.4 Å². The third-order valence-electron chi connectivity index (χ3n) is 4.12. The van der Waals surface area contributed by atoms with Gasteiger partial charge in [0, 0.05) is 18.8 Å². The lowest BCUT2D eigenvalue weighted by Crippen LogP contribution is -2.32. The summed E-state index contributed by atoms with van der Waals surface area (Å²) in [7, 11) is -3.76. The molecular weight excluding hydrogens is 416 g/mol. The summed E-state index contributed by atoms with van der Waals surface area (Å²) in [5.74, 6) is -0.0644. The molecule has 10 heteroatoms. The Kier molecular flexibility index (Phi) is 5.33. The van der Waals surface area contributed by atoms with Crippen LogP contribution in [-0.2, 0) is 16.6 Å². The number of carbonyl (C=O) groups excluding carboxylic acids is 1. The minimum absolute atomic E-state index is 0.0771. The molecule has 2 heterocycles. The maximum atomic E-state index is 12.5. The summed E-state index contributed by atoms with van der Waals surface area (Å²) >= 11 is 2.78. The molecule has 0 unspecified atom stereocenters. The number of anilines is 1. The van der Waals surface area contributed by atoms with Gasteiger partial charge in [-0.3, -0.25) is 4.79 Å². The van der Waals surface area contributed by atoms with Crippen LogP contribution in [0.2, 0.25) is 0 Å². The van der Waals surface area contributed by atoms with Crippen LogP contribution in [-0.4, -0.2) is 41.1 Å². The van der Waals surface area contributed by atoms with Crippen LogP contribution in [0.15, 0.2) is 63.8 Å². The Balaban J connectivity index is 1.33. The SMILES string of the molecule is O=C1c2ccccc2S(=O)(=O)N1CCSc1nnc(NCc2ccccc2)s1. The Morgan fingerprint density at radius 2 is 1.79 bits per heavy atom. The van der Waals surface area contributed by atoms with Crippen molar-refractivity contribution in [2.75, 3.05) is 17.6 Å². The second-order valence-electron chi connectivity index (χ2n) is 5.94. The van der Waals surface area contributed by atoms with E-state index in [9.17, 15) is 13.2 Å². The van der Waals surface area contributed by atoms with Gasteiger partial charge in [-0.05, 0) is 17.7 Å². The van der Waals surface area contributed by atoms with Crippen molar-refractivity contribution in [3.05, 3.63) is 65.7 Å². The fourth-order valence-corrected chi connectivity index (χ4v) is 6.21. The standard InChI is InChI=1S/C18H16N4O3S3/c23-16-14-8-4-5-9-15(14)28(24,25)22(16)10-11-26-18-21-20-17(27-18)19-12-13-6-2-1-3-7-13/h1-9H,10-12H2,(H,19,20). The first kappa shape index (κ1) is 18.9. The van der Waals surface area contributed by atoms with Crippen LogP contribution in [0.25, 0.3) is 0 Å². The second kappa shape index (κ2) is 7.90. The molecule has 3 aromatic rings. The van der Waals surface area contributed by atoms with Crippen LogP contribution >= 0.6 is 23.1 Å². The minimum Gasteiger partial charge on any atom is -0.356 e. The third kappa shape index (κ3) is 3.75. The molecular formula is C18H16N4O3S3. The second-order valence-corrected chi connectivity index (χ2v) is 10.1. The van der Waals surface area contributed by atoms with Gasteiger partial charge in [-0.2, -0.15) is 0 Å². The van der Waals surface area contributed by atoms with Crippen LogP contribution in [0.4, 0.5) is 5.13 Å². The number of hydrogen-bond acceptors (Lipinski definition) is 8. The fourth-order valence-electron chi connectivity index (χ4n) is 2.78. The number of aromatic nitrogens is 2. The molecule has 144 valence electrons. The van der Waals surface area contributed by atoms with Gasteiger partial charge in [-0.1, -0.05) is 65.6 Å². The van der Waals surface area contributed by atoms with Crippen molar-refractivity contribution in [3.8, 4) is 0 Å². The van der Waals surface area contributed by atoms with E-state index in [1.807, 2.05) is 30.3 Å². The highest BCUT2D eigenvalue weighted by Gasteiger charge is 2.40. The minimum atomic E-state index is -3.76. The molecule has 0 aliphatic carbocycles. The molecule has 0 fully saturated rings. The van der Waals surface area contributed by atoms with Crippen molar-refractivity contribution in [3.63, 3.8) is 0 Å². The van der Waals surface area contributed by atoms with Crippen molar-refractivity contribution in [2.45, 2.75) is 15.8 Å². The Morgan fingerprint density at radius 3 is 2.57 bits per heavy atom. The van der Waals surface area contributed by atoms with Crippen LogP contribution < -0.4 is 5.32 Å². The molecule has 2 aromatic carbocycles. The quantitative estimate of drug-likeness (QED) is 0.574. The van der Waals surface area contributed by atoms with Gasteiger partial charge in [0.1, 0.15) is 4.90 Å². The summed E-state index contributed by atoms with van der Waals surface area (Å²) < 4.78 is 26.7. The van der Waals surface area contributed by atoms with Crippen molar-refractivity contribution < 1.29 is 13.2 Å². The van der Waals surface area contributed by atoms with Crippen LogP contribution in [0.5, 0.6) is 0 Å². The lowest BCUT2D eigenvalue weighted by Gasteiger charge is -2.13. The number of carbonyl (C=O) groups is 1. The van der Waals surface area contributed by atoms with Crippen molar-refractivity contribution in [1.29, 1.82) is 0 Å². The Morgan fingerprint density at radius 1 is 1.04 bits per heavy atom. The van der Waals surface area contributed by atoms with E-state index in [1.165, 1.54) is 35.2 Å². The average Bonchev–Trinajstić information content (AvgIpc) is 3.24. The van der Waals surface area contributed by atoms with Crippen molar-refractivity contribution in [1.82, 2.24) is 14.5 Å². The Hall–Kier alpha value is -2.43. The molecule has 1 aliphatic heterocycles. The molecule has 4 rings (SSSR count). The summed E-state index contributed by atoms with van der Waals surface area (Å²) in [5.41, 5.74) is 1.38. The average molecular weight is 433 g/mol. The molecule has 0 spiro atoms. The number of sulfonamides is 1. The summed E-state index contributed by atoms with van der Waals surface area (Å²) in [6.45, 7) is 0.742. The molecule has 28 heavy (non-hydrogen) atoms. The van der Waals surface area contributed by atoms with E-state index in [-0.39, 0.29) is 17.0 Å². The summed E-state index contributed by atoms with van der Waals surface area (Å²) in [4.78, 5) is 12.5. The lowest BCUT2D eigenvalue weighted by molar-refractivity contribution is 0.0876. The molecule has 0 bridgehead atoms. The largest absolute Gasteiger partial charge is 0.356 e. The van der Waals surface area contributed by atoms with Gasteiger partial charge in [0.05, 0.1) is 5.56 Å². The predicted octanol–water partition coefficient (Wildman–Crippen LogP) is 3.09. The smallest absolute Gasteiger partial charge is 0.269 e. The lowest BCUT2D eigenvalue weighted by atomic mass is 10.2. The van der Waals surface area contributed by atoms with Gasteiger partial charge < -0.3 is 5.32 Å². The number of thioether (sulfide) groups is 1. The number of nitrogens with one attached hydrogen (secondary N) is 1. The Bertz CT molecular complexity index is 1100. The summed E-state index contributed by atoms with van der Waals surface area (Å²) in [6.07, 6.45) is 0. The third-order valence-corrected chi connectivity index (χ3v) is 7.96. The molecule has 0 radical (unpaired) electrons. The maximum Gasteiger partial charge on any atom is 0.269 e. The predicted molar refractivity (Wildman–Crippen MR) is 109 cm³/mol.